The van der Waals surface area contributed by atoms with Crippen LogP contribution in [-0.4, -0.2) is 53.1 Å². The van der Waals surface area contributed by atoms with Crippen molar-refractivity contribution < 1.29 is 8.78 Å². The smallest absolute Gasteiger partial charge is 0.175 e. The number of nitrogens with zero attached hydrogens (tertiary/aromatic N) is 5. The minimum absolute atomic E-state index is 0.0236. The van der Waals surface area contributed by atoms with Crippen molar-refractivity contribution in [2.75, 3.05) is 38.1 Å². The van der Waals surface area contributed by atoms with Crippen LogP contribution in [0.1, 0.15) is 17.9 Å². The minimum Gasteiger partial charge on any atom is -0.353 e. The molecule has 5 nitrogen and oxygen atoms in total. The summed E-state index contributed by atoms with van der Waals surface area (Å²) in [4.78, 5) is 17.9. The third-order valence-electron chi connectivity index (χ3n) is 6.03. The second-order valence-corrected chi connectivity index (χ2v) is 8.61. The molecule has 0 spiro atoms. The summed E-state index contributed by atoms with van der Waals surface area (Å²) in [6.45, 7) is 5.15. The number of pyridine rings is 1. The second-order valence-electron chi connectivity index (χ2n) is 8.23. The van der Waals surface area contributed by atoms with E-state index in [0.29, 0.717) is 34.6 Å². The van der Waals surface area contributed by atoms with Gasteiger partial charge in [0.2, 0.25) is 0 Å². The lowest BCUT2D eigenvalue weighted by Gasteiger charge is -2.33. The molecule has 0 N–H and O–H groups in total. The molecule has 2 aromatic rings. The highest BCUT2D eigenvalue weighted by Crippen LogP contribution is 2.40. The highest BCUT2D eigenvalue weighted by Gasteiger charge is 2.26. The zero-order valence-corrected chi connectivity index (χ0v) is 18.6. The summed E-state index contributed by atoms with van der Waals surface area (Å²) < 4.78 is 30.3. The maximum atomic E-state index is 15.9. The first-order chi connectivity index (χ1) is 15.4. The Morgan fingerprint density at radius 3 is 2.59 bits per heavy atom. The van der Waals surface area contributed by atoms with Crippen molar-refractivity contribution in [1.29, 1.82) is 0 Å². The third kappa shape index (κ3) is 3.65. The number of likely N-dealkylation sites (N-methyl/N-ethyl adjacent to an activating group) is 1. The number of hydrogen-bond donors (Lipinski definition) is 0. The molecule has 0 unspecified atom stereocenters. The van der Waals surface area contributed by atoms with Crippen molar-refractivity contribution in [2.45, 2.75) is 13.3 Å². The lowest BCUT2D eigenvalue weighted by molar-refractivity contribution is 0.312. The molecule has 2 aliphatic carbocycles. The van der Waals surface area contributed by atoms with E-state index in [1.807, 2.05) is 12.2 Å². The van der Waals surface area contributed by atoms with Crippen LogP contribution in [0.3, 0.4) is 0 Å². The van der Waals surface area contributed by atoms with E-state index < -0.39 is 11.6 Å². The van der Waals surface area contributed by atoms with Gasteiger partial charge < -0.3 is 9.80 Å². The van der Waals surface area contributed by atoms with Crippen LogP contribution < -0.4 is 4.90 Å². The number of anilines is 1. The zero-order chi connectivity index (χ0) is 22.4. The topological polar surface area (TPSA) is 45.2 Å². The van der Waals surface area contributed by atoms with Gasteiger partial charge in [0.1, 0.15) is 28.7 Å². The maximum Gasteiger partial charge on any atom is 0.175 e. The summed E-state index contributed by atoms with van der Waals surface area (Å²) in [7, 11) is 2.08. The van der Waals surface area contributed by atoms with Gasteiger partial charge in [-0.15, -0.1) is 0 Å². The molecule has 0 atom stereocenters. The van der Waals surface area contributed by atoms with Crippen molar-refractivity contribution in [3.63, 3.8) is 0 Å². The van der Waals surface area contributed by atoms with Gasteiger partial charge in [-0.3, -0.25) is 4.98 Å². The van der Waals surface area contributed by atoms with Crippen LogP contribution in [0, 0.1) is 12.7 Å². The molecule has 2 bridgehead atoms. The average molecular weight is 454 g/mol. The van der Waals surface area contributed by atoms with Gasteiger partial charge >= 0.3 is 0 Å². The van der Waals surface area contributed by atoms with E-state index in [2.05, 4.69) is 31.8 Å². The first-order valence-electron chi connectivity index (χ1n) is 10.5. The van der Waals surface area contributed by atoms with Gasteiger partial charge in [0.25, 0.3) is 0 Å². The summed E-state index contributed by atoms with van der Waals surface area (Å²) in [5, 5.41) is 0.545. The molecule has 32 heavy (non-hydrogen) atoms. The summed E-state index contributed by atoms with van der Waals surface area (Å²) in [6.07, 6.45) is 10.4. The fraction of sp³-hybridized carbons (Fsp3) is 0.292. The molecule has 0 amide bonds. The molecular formula is C24H22ClF2N5. The molecule has 0 saturated carbocycles. The molecule has 3 heterocycles. The number of piperazine rings is 1. The minimum atomic E-state index is -0.555. The van der Waals surface area contributed by atoms with Crippen LogP contribution in [0.4, 0.5) is 14.6 Å². The fourth-order valence-corrected chi connectivity index (χ4v) is 4.49. The number of aryl methyl sites for hydroxylation is 1. The summed E-state index contributed by atoms with van der Waals surface area (Å²) >= 11 is 6.34. The number of halogens is 3. The Balaban J connectivity index is 1.65. The lowest BCUT2D eigenvalue weighted by atomic mass is 9.96. The van der Waals surface area contributed by atoms with Crippen molar-refractivity contribution in [3.05, 3.63) is 75.9 Å². The van der Waals surface area contributed by atoms with Crippen molar-refractivity contribution in [1.82, 2.24) is 19.9 Å². The fourth-order valence-electron chi connectivity index (χ4n) is 4.25. The van der Waals surface area contributed by atoms with Crippen molar-refractivity contribution >= 4 is 33.9 Å². The lowest BCUT2D eigenvalue weighted by Crippen LogP contribution is -2.45. The third-order valence-corrected chi connectivity index (χ3v) is 6.44. The van der Waals surface area contributed by atoms with Crippen molar-refractivity contribution in [3.8, 4) is 0 Å². The Kier molecular flexibility index (Phi) is 5.39. The van der Waals surface area contributed by atoms with Gasteiger partial charge in [0, 0.05) is 37.9 Å². The van der Waals surface area contributed by atoms with Crippen LogP contribution in [0.5, 0.6) is 0 Å². The summed E-state index contributed by atoms with van der Waals surface area (Å²) in [5.74, 6) is 0.0815. The number of aromatic nitrogens is 3. The first-order valence-corrected chi connectivity index (χ1v) is 10.9. The van der Waals surface area contributed by atoms with Crippen LogP contribution in [0.15, 0.2) is 58.6 Å². The van der Waals surface area contributed by atoms with Crippen LogP contribution in [-0.2, 0) is 0 Å². The Labute approximate surface area is 190 Å². The van der Waals surface area contributed by atoms with E-state index in [1.165, 1.54) is 6.08 Å². The SMILES string of the molecule is Cc1nc(N2CCN(C)CC2)c2cnc(C3=CC=CC4=CC=C(F)C(Cl)=C3C4)c(F)c2n1. The highest BCUT2D eigenvalue weighted by molar-refractivity contribution is 6.33. The highest BCUT2D eigenvalue weighted by atomic mass is 35.5. The van der Waals surface area contributed by atoms with E-state index in [9.17, 15) is 4.39 Å². The molecule has 0 aromatic carbocycles. The number of allylic oxidation sites excluding steroid dienone is 10. The average Bonchev–Trinajstić information content (AvgIpc) is 3.07. The van der Waals surface area contributed by atoms with Gasteiger partial charge in [-0.1, -0.05) is 35.9 Å². The van der Waals surface area contributed by atoms with Gasteiger partial charge in [-0.05, 0) is 37.6 Å². The molecule has 2 aromatic heterocycles. The monoisotopic (exact) mass is 453 g/mol. The first kappa shape index (κ1) is 21.0. The van der Waals surface area contributed by atoms with E-state index in [4.69, 9.17) is 11.6 Å². The maximum absolute atomic E-state index is 15.9. The Morgan fingerprint density at radius 1 is 1.03 bits per heavy atom. The van der Waals surface area contributed by atoms with Gasteiger partial charge in [-0.2, -0.15) is 0 Å². The molecule has 5 rings (SSSR count). The van der Waals surface area contributed by atoms with Crippen LogP contribution in [0.2, 0.25) is 0 Å². The van der Waals surface area contributed by atoms with Gasteiger partial charge in [0.15, 0.2) is 5.82 Å². The van der Waals surface area contributed by atoms with Gasteiger partial charge in [0.05, 0.1) is 10.4 Å². The van der Waals surface area contributed by atoms with Crippen LogP contribution in [0.25, 0.3) is 16.5 Å². The Morgan fingerprint density at radius 2 is 1.81 bits per heavy atom. The number of fused-ring (bicyclic) bond motifs is 3. The molecule has 8 heteroatoms. The van der Waals surface area contributed by atoms with E-state index in [-0.39, 0.29) is 16.2 Å². The number of rotatable bonds is 2. The van der Waals surface area contributed by atoms with Crippen molar-refractivity contribution in [2.24, 2.45) is 0 Å². The van der Waals surface area contributed by atoms with E-state index in [1.54, 1.807) is 25.3 Å². The Hall–Kier alpha value is -2.90. The molecule has 1 aliphatic heterocycles. The molecule has 3 aliphatic rings. The largest absolute Gasteiger partial charge is 0.353 e. The molecule has 164 valence electrons. The number of hydrogen-bond acceptors (Lipinski definition) is 5. The Bertz CT molecular complexity index is 1270. The van der Waals surface area contributed by atoms with E-state index >= 15 is 4.39 Å². The standard InChI is InChI=1S/C24H22ClF2N5/c1-14-29-23-18(24(30-14)32-10-8-31(2)9-11-32)13-28-22(21(23)27)16-5-3-4-15-6-7-19(26)20(25)17(16)12-15/h3-7,13H,8-12H2,1-2H3. The quantitative estimate of drug-likeness (QED) is 0.650. The molecule has 1 saturated heterocycles. The second kappa shape index (κ2) is 8.22. The molecule has 0 radical (unpaired) electrons. The van der Waals surface area contributed by atoms with E-state index in [0.717, 1.165) is 31.8 Å². The molecule has 1 fully saturated rings. The van der Waals surface area contributed by atoms with Gasteiger partial charge in [-0.25, -0.2) is 18.7 Å². The predicted octanol–water partition coefficient (Wildman–Crippen LogP) is 4.85. The molecular weight excluding hydrogens is 432 g/mol. The zero-order valence-electron chi connectivity index (χ0n) is 17.9. The normalized spacial score (nSPS) is 19.5. The summed E-state index contributed by atoms with van der Waals surface area (Å²) in [5.41, 5.74) is 2.16. The van der Waals surface area contributed by atoms with Crippen LogP contribution >= 0.6 is 11.6 Å². The summed E-state index contributed by atoms with van der Waals surface area (Å²) in [6, 6.07) is 0. The predicted molar refractivity (Wildman–Crippen MR) is 124 cm³/mol.